The Morgan fingerprint density at radius 3 is 2.67 bits per heavy atom. The molecule has 5 heteroatoms. The van der Waals surface area contributed by atoms with Crippen LogP contribution < -0.4 is 0 Å². The van der Waals surface area contributed by atoms with Crippen molar-refractivity contribution in [1.82, 2.24) is 15.0 Å². The molecule has 0 spiro atoms. The predicted octanol–water partition coefficient (Wildman–Crippen LogP) is 5.24. The largest absolute Gasteiger partial charge is 0.456 e. The number of fused-ring (bicyclic) bond motifs is 4. The first-order valence-corrected chi connectivity index (χ1v) is 7.87. The molecular formula is C19H10ClN3O. The zero-order valence-corrected chi connectivity index (χ0v) is 13.2. The Balaban J connectivity index is 1.76. The van der Waals surface area contributed by atoms with Crippen LogP contribution in [0.4, 0.5) is 0 Å². The van der Waals surface area contributed by atoms with Crippen LogP contribution in [0.1, 0.15) is 0 Å². The summed E-state index contributed by atoms with van der Waals surface area (Å²) in [6, 6.07) is 17.6. The second-order valence-electron chi connectivity index (χ2n) is 5.52. The van der Waals surface area contributed by atoms with Crippen molar-refractivity contribution in [2.24, 2.45) is 0 Å². The van der Waals surface area contributed by atoms with E-state index in [-0.39, 0.29) is 0 Å². The first-order valence-electron chi connectivity index (χ1n) is 7.49. The fraction of sp³-hybridized carbons (Fsp3) is 0. The van der Waals surface area contributed by atoms with Crippen LogP contribution in [0.2, 0.25) is 5.15 Å². The summed E-state index contributed by atoms with van der Waals surface area (Å²) in [5.41, 5.74) is 4.41. The maximum absolute atomic E-state index is 6.32. The van der Waals surface area contributed by atoms with E-state index in [1.807, 2.05) is 48.5 Å². The lowest BCUT2D eigenvalue weighted by molar-refractivity contribution is 0.669. The third-order valence-electron chi connectivity index (χ3n) is 4.05. The van der Waals surface area contributed by atoms with E-state index in [2.05, 4.69) is 21.0 Å². The van der Waals surface area contributed by atoms with Gasteiger partial charge < -0.3 is 4.42 Å². The number of pyridine rings is 1. The second kappa shape index (κ2) is 5.01. The van der Waals surface area contributed by atoms with Gasteiger partial charge in [0.25, 0.3) is 0 Å². The van der Waals surface area contributed by atoms with Crippen molar-refractivity contribution in [3.63, 3.8) is 0 Å². The Hall–Kier alpha value is -2.98. The minimum absolute atomic E-state index is 0.330. The highest BCUT2D eigenvalue weighted by Crippen LogP contribution is 2.33. The summed E-state index contributed by atoms with van der Waals surface area (Å²) in [5.74, 6) is 0. The Kier molecular flexibility index (Phi) is 2.81. The SMILES string of the molecule is Clc1nc2ncccc2nc1-c1ccc2c(c1)oc1ccccc12. The summed E-state index contributed by atoms with van der Waals surface area (Å²) in [6.07, 6.45) is 1.67. The van der Waals surface area contributed by atoms with E-state index < -0.39 is 0 Å². The Bertz CT molecular complexity index is 1230. The standard InChI is InChI=1S/C19H10ClN3O/c20-18-17(22-14-5-3-9-21-19(14)23-18)11-7-8-13-12-4-1-2-6-15(12)24-16(13)10-11/h1-10H. The average Bonchev–Trinajstić information content (AvgIpc) is 2.99. The van der Waals surface area contributed by atoms with Crippen LogP contribution in [0.5, 0.6) is 0 Å². The van der Waals surface area contributed by atoms with Crippen LogP contribution in [0, 0.1) is 0 Å². The summed E-state index contributed by atoms with van der Waals surface area (Å²) in [7, 11) is 0. The first-order chi connectivity index (χ1) is 11.8. The summed E-state index contributed by atoms with van der Waals surface area (Å²) in [6.45, 7) is 0. The van der Waals surface area contributed by atoms with Crippen LogP contribution in [0.3, 0.4) is 0 Å². The van der Waals surface area contributed by atoms with Gasteiger partial charge in [-0.25, -0.2) is 15.0 Å². The van der Waals surface area contributed by atoms with Gasteiger partial charge in [-0.3, -0.25) is 0 Å². The van der Waals surface area contributed by atoms with Crippen LogP contribution in [0.15, 0.2) is 65.2 Å². The normalized spacial score (nSPS) is 11.5. The van der Waals surface area contributed by atoms with Gasteiger partial charge in [0.2, 0.25) is 0 Å². The van der Waals surface area contributed by atoms with Crippen molar-refractivity contribution < 1.29 is 4.42 Å². The monoisotopic (exact) mass is 331 g/mol. The molecule has 24 heavy (non-hydrogen) atoms. The lowest BCUT2D eigenvalue weighted by Gasteiger charge is -2.04. The summed E-state index contributed by atoms with van der Waals surface area (Å²) in [4.78, 5) is 13.1. The van der Waals surface area contributed by atoms with E-state index in [1.54, 1.807) is 6.20 Å². The maximum atomic E-state index is 6.32. The predicted molar refractivity (Wildman–Crippen MR) is 95.1 cm³/mol. The molecule has 0 N–H and O–H groups in total. The van der Waals surface area contributed by atoms with Gasteiger partial charge in [-0.15, -0.1) is 0 Å². The molecule has 5 aromatic rings. The summed E-state index contributed by atoms with van der Waals surface area (Å²) in [5, 5.41) is 2.50. The molecule has 0 fully saturated rings. The number of benzene rings is 2. The van der Waals surface area contributed by atoms with Crippen molar-refractivity contribution in [3.8, 4) is 11.3 Å². The molecule has 0 atom stereocenters. The molecule has 3 aromatic heterocycles. The third kappa shape index (κ3) is 1.97. The molecule has 0 bridgehead atoms. The Labute approximate surface area is 141 Å². The molecule has 0 radical (unpaired) electrons. The lowest BCUT2D eigenvalue weighted by atomic mass is 10.1. The smallest absolute Gasteiger partial charge is 0.179 e. The molecule has 4 nitrogen and oxygen atoms in total. The Morgan fingerprint density at radius 1 is 0.833 bits per heavy atom. The number of aromatic nitrogens is 3. The van der Waals surface area contributed by atoms with E-state index >= 15 is 0 Å². The molecule has 0 amide bonds. The van der Waals surface area contributed by atoms with Crippen molar-refractivity contribution >= 4 is 44.7 Å². The fourth-order valence-corrected chi connectivity index (χ4v) is 3.16. The molecule has 3 heterocycles. The van der Waals surface area contributed by atoms with Gasteiger partial charge in [0, 0.05) is 22.5 Å². The van der Waals surface area contributed by atoms with E-state index in [1.165, 1.54) is 0 Å². The fourth-order valence-electron chi connectivity index (χ4n) is 2.93. The molecule has 114 valence electrons. The number of nitrogens with zero attached hydrogens (tertiary/aromatic N) is 3. The molecule has 2 aromatic carbocycles. The minimum Gasteiger partial charge on any atom is -0.456 e. The lowest BCUT2D eigenvalue weighted by Crippen LogP contribution is -1.92. The highest BCUT2D eigenvalue weighted by molar-refractivity contribution is 6.32. The van der Waals surface area contributed by atoms with Crippen molar-refractivity contribution in [3.05, 3.63) is 65.9 Å². The van der Waals surface area contributed by atoms with Crippen LogP contribution in [0.25, 0.3) is 44.4 Å². The first kappa shape index (κ1) is 13.5. The molecule has 5 rings (SSSR count). The van der Waals surface area contributed by atoms with Crippen molar-refractivity contribution in [2.75, 3.05) is 0 Å². The number of rotatable bonds is 1. The molecule has 0 unspecified atom stereocenters. The highest BCUT2D eigenvalue weighted by atomic mass is 35.5. The number of para-hydroxylation sites is 1. The van der Waals surface area contributed by atoms with Gasteiger partial charge >= 0.3 is 0 Å². The van der Waals surface area contributed by atoms with Crippen LogP contribution >= 0.6 is 11.6 Å². The zero-order chi connectivity index (χ0) is 16.1. The molecule has 0 aliphatic heterocycles. The molecular weight excluding hydrogens is 322 g/mol. The topological polar surface area (TPSA) is 51.8 Å². The highest BCUT2D eigenvalue weighted by Gasteiger charge is 2.13. The quantitative estimate of drug-likeness (QED) is 0.421. The van der Waals surface area contributed by atoms with Gasteiger partial charge in [0.05, 0.1) is 0 Å². The molecule has 0 aliphatic carbocycles. The van der Waals surface area contributed by atoms with Gasteiger partial charge in [-0.05, 0) is 30.3 Å². The van der Waals surface area contributed by atoms with Crippen LogP contribution in [-0.4, -0.2) is 15.0 Å². The van der Waals surface area contributed by atoms with E-state index in [0.29, 0.717) is 22.0 Å². The van der Waals surface area contributed by atoms with Crippen LogP contribution in [-0.2, 0) is 0 Å². The third-order valence-corrected chi connectivity index (χ3v) is 4.31. The van der Waals surface area contributed by atoms with E-state index in [9.17, 15) is 0 Å². The Morgan fingerprint density at radius 2 is 1.71 bits per heavy atom. The molecule has 0 aliphatic rings. The summed E-state index contributed by atoms with van der Waals surface area (Å²) >= 11 is 6.32. The average molecular weight is 332 g/mol. The van der Waals surface area contributed by atoms with E-state index in [0.717, 1.165) is 27.5 Å². The number of hydrogen-bond donors (Lipinski definition) is 0. The number of furan rings is 1. The zero-order valence-electron chi connectivity index (χ0n) is 12.4. The molecule has 0 saturated heterocycles. The van der Waals surface area contributed by atoms with Gasteiger partial charge in [0.15, 0.2) is 10.8 Å². The minimum atomic E-state index is 0.330. The number of hydrogen-bond acceptors (Lipinski definition) is 4. The second-order valence-corrected chi connectivity index (χ2v) is 5.88. The maximum Gasteiger partial charge on any atom is 0.179 e. The van der Waals surface area contributed by atoms with E-state index in [4.69, 9.17) is 16.0 Å². The van der Waals surface area contributed by atoms with Gasteiger partial charge in [-0.1, -0.05) is 35.9 Å². The van der Waals surface area contributed by atoms with Gasteiger partial charge in [0.1, 0.15) is 22.4 Å². The summed E-state index contributed by atoms with van der Waals surface area (Å²) < 4.78 is 5.94. The van der Waals surface area contributed by atoms with Crippen molar-refractivity contribution in [1.29, 1.82) is 0 Å². The van der Waals surface area contributed by atoms with Crippen molar-refractivity contribution in [2.45, 2.75) is 0 Å². The van der Waals surface area contributed by atoms with Gasteiger partial charge in [-0.2, -0.15) is 0 Å². The number of halogens is 1. The molecule has 0 saturated carbocycles.